The number of amides is 1. The molecule has 0 radical (unpaired) electrons. The molecule has 0 spiro atoms. The van der Waals surface area contributed by atoms with Gasteiger partial charge in [-0.3, -0.25) is 4.79 Å². The van der Waals surface area contributed by atoms with Crippen LogP contribution in [0.15, 0.2) is 23.1 Å². The average Bonchev–Trinajstić information content (AvgIpc) is 3.32. The van der Waals surface area contributed by atoms with Gasteiger partial charge in [-0.25, -0.2) is 13.4 Å². The van der Waals surface area contributed by atoms with Gasteiger partial charge in [-0.1, -0.05) is 38.2 Å². The van der Waals surface area contributed by atoms with E-state index in [1.807, 2.05) is 0 Å². The van der Waals surface area contributed by atoms with Gasteiger partial charge in [0.25, 0.3) is 5.91 Å². The van der Waals surface area contributed by atoms with Crippen molar-refractivity contribution in [3.8, 4) is 10.4 Å². The SMILES string of the molecule is C[C@@H](NS(=O)(=O)c1ccc(-c2sc(C(=O)NC3CCOCC3)nc2CC2CCCCC2)cc1C(F)(F)F)C(F)(F)F. The van der Waals surface area contributed by atoms with E-state index in [1.165, 1.54) is 4.72 Å². The lowest BCUT2D eigenvalue weighted by atomic mass is 9.85. The number of benzene rings is 1. The fourth-order valence-electron chi connectivity index (χ4n) is 5.06. The number of thiazole rings is 1. The smallest absolute Gasteiger partial charge is 0.381 e. The van der Waals surface area contributed by atoms with Crippen molar-refractivity contribution in [1.82, 2.24) is 15.0 Å². The number of nitrogens with one attached hydrogen (secondary N) is 2. The molecule has 0 bridgehead atoms. The number of ether oxygens (including phenoxy) is 1. The van der Waals surface area contributed by atoms with E-state index in [4.69, 9.17) is 4.74 Å². The molecule has 2 N–H and O–H groups in total. The number of aromatic nitrogens is 1. The molecule has 1 aromatic heterocycles. The first-order valence-corrected chi connectivity index (χ1v) is 15.6. The van der Waals surface area contributed by atoms with Gasteiger partial charge in [0.2, 0.25) is 10.0 Å². The number of hydrogen-bond donors (Lipinski definition) is 2. The van der Waals surface area contributed by atoms with Crippen molar-refractivity contribution in [3.05, 3.63) is 34.5 Å². The van der Waals surface area contributed by atoms with E-state index in [0.717, 1.165) is 49.5 Å². The van der Waals surface area contributed by atoms with Crippen LogP contribution in [-0.4, -0.2) is 50.8 Å². The highest BCUT2D eigenvalue weighted by Gasteiger charge is 2.42. The first-order valence-electron chi connectivity index (χ1n) is 13.3. The van der Waals surface area contributed by atoms with Crippen LogP contribution >= 0.6 is 11.3 Å². The predicted molar refractivity (Wildman–Crippen MR) is 140 cm³/mol. The number of hydrogen-bond acceptors (Lipinski definition) is 6. The molecular formula is C26H31F6N3O4S2. The monoisotopic (exact) mass is 627 g/mol. The molecule has 2 heterocycles. The molecule has 41 heavy (non-hydrogen) atoms. The highest BCUT2D eigenvalue weighted by molar-refractivity contribution is 7.89. The number of rotatable bonds is 8. The van der Waals surface area contributed by atoms with Crippen molar-refractivity contribution in [2.24, 2.45) is 5.92 Å². The Hall–Kier alpha value is -2.23. The molecule has 1 saturated heterocycles. The summed E-state index contributed by atoms with van der Waals surface area (Å²) in [7, 11) is -5.19. The van der Waals surface area contributed by atoms with E-state index in [9.17, 15) is 39.6 Å². The summed E-state index contributed by atoms with van der Waals surface area (Å²) in [5.41, 5.74) is -1.19. The van der Waals surface area contributed by atoms with E-state index >= 15 is 0 Å². The number of alkyl halides is 6. The third-order valence-electron chi connectivity index (χ3n) is 7.31. The normalized spacial score (nSPS) is 18.8. The average molecular weight is 628 g/mol. The molecular weight excluding hydrogens is 596 g/mol. The van der Waals surface area contributed by atoms with Crippen molar-refractivity contribution < 1.29 is 44.3 Å². The summed E-state index contributed by atoms with van der Waals surface area (Å²) in [6, 6.07) is -0.368. The number of sulfonamides is 1. The zero-order valence-electron chi connectivity index (χ0n) is 22.2. The minimum Gasteiger partial charge on any atom is -0.381 e. The minimum atomic E-state index is -5.20. The van der Waals surface area contributed by atoms with Gasteiger partial charge < -0.3 is 10.1 Å². The van der Waals surface area contributed by atoms with Crippen LogP contribution in [0, 0.1) is 5.92 Å². The standard InChI is InChI=1S/C26H31F6N3O4S2/c1-15(25(27,28)29)35-41(37,38)21-8-7-17(14-19(21)26(30,31)32)22-20(13-16-5-3-2-4-6-16)34-24(40-22)23(36)33-18-9-11-39-12-10-18/h7-8,14-16,18,35H,2-6,9-13H2,1H3,(H,33,36)/t15-/m1/s1. The molecule has 0 unspecified atom stereocenters. The highest BCUT2D eigenvalue weighted by Crippen LogP contribution is 2.41. The Kier molecular flexibility index (Phi) is 9.71. The zero-order chi connectivity index (χ0) is 30.0. The maximum absolute atomic E-state index is 14.1. The molecule has 1 aliphatic heterocycles. The molecule has 1 saturated carbocycles. The highest BCUT2D eigenvalue weighted by atomic mass is 32.2. The van der Waals surface area contributed by atoms with E-state index in [0.29, 0.717) is 62.1 Å². The molecule has 1 aliphatic carbocycles. The van der Waals surface area contributed by atoms with Crippen molar-refractivity contribution in [2.45, 2.75) is 87.6 Å². The van der Waals surface area contributed by atoms with E-state index in [2.05, 4.69) is 10.3 Å². The van der Waals surface area contributed by atoms with Gasteiger partial charge in [0.1, 0.15) is 6.04 Å². The Balaban J connectivity index is 1.73. The van der Waals surface area contributed by atoms with Crippen molar-refractivity contribution in [1.29, 1.82) is 0 Å². The summed E-state index contributed by atoms with van der Waals surface area (Å²) in [4.78, 5) is 16.5. The summed E-state index contributed by atoms with van der Waals surface area (Å²) in [6.07, 6.45) is -3.60. The lowest BCUT2D eigenvalue weighted by Crippen LogP contribution is -2.43. The van der Waals surface area contributed by atoms with Gasteiger partial charge in [0.15, 0.2) is 5.01 Å². The number of nitrogens with zero attached hydrogens (tertiary/aromatic N) is 1. The molecule has 7 nitrogen and oxygen atoms in total. The third kappa shape index (κ3) is 7.99. The molecule has 2 aliphatic rings. The van der Waals surface area contributed by atoms with Crippen molar-refractivity contribution >= 4 is 27.3 Å². The molecule has 228 valence electrons. The van der Waals surface area contributed by atoms with E-state index in [-0.39, 0.29) is 22.5 Å². The number of halogens is 6. The van der Waals surface area contributed by atoms with Crippen LogP contribution in [0.1, 0.15) is 72.9 Å². The van der Waals surface area contributed by atoms with Crippen LogP contribution in [-0.2, 0) is 27.4 Å². The van der Waals surface area contributed by atoms with Crippen LogP contribution < -0.4 is 10.0 Å². The van der Waals surface area contributed by atoms with Gasteiger partial charge >= 0.3 is 12.4 Å². The van der Waals surface area contributed by atoms with Crippen molar-refractivity contribution in [2.75, 3.05) is 13.2 Å². The summed E-state index contributed by atoms with van der Waals surface area (Å²) in [5.74, 6) is -0.232. The van der Waals surface area contributed by atoms with Gasteiger partial charge in [0, 0.05) is 19.3 Å². The molecule has 1 aromatic carbocycles. The summed E-state index contributed by atoms with van der Waals surface area (Å²) < 4.78 is 113. The van der Waals surface area contributed by atoms with Crippen molar-refractivity contribution in [3.63, 3.8) is 0 Å². The van der Waals surface area contributed by atoms with Gasteiger partial charge in [-0.2, -0.15) is 31.1 Å². The predicted octanol–water partition coefficient (Wildman–Crippen LogP) is 6.09. The lowest BCUT2D eigenvalue weighted by molar-refractivity contribution is -0.147. The second-order valence-electron chi connectivity index (χ2n) is 10.5. The van der Waals surface area contributed by atoms with Crippen LogP contribution in [0.2, 0.25) is 0 Å². The maximum atomic E-state index is 14.1. The minimum absolute atomic E-state index is 0.0198. The fourth-order valence-corrected chi connectivity index (χ4v) is 7.49. The molecule has 2 fully saturated rings. The van der Waals surface area contributed by atoms with Gasteiger partial charge in [0.05, 0.1) is 21.0 Å². The molecule has 1 atom stereocenters. The molecule has 15 heteroatoms. The lowest BCUT2D eigenvalue weighted by Gasteiger charge is -2.22. The Morgan fingerprint density at radius 3 is 2.34 bits per heavy atom. The Bertz CT molecular complexity index is 1330. The maximum Gasteiger partial charge on any atom is 0.417 e. The van der Waals surface area contributed by atoms with E-state index in [1.54, 1.807) is 0 Å². The third-order valence-corrected chi connectivity index (χ3v) is 10.1. The summed E-state index contributed by atoms with van der Waals surface area (Å²) in [6.45, 7) is 1.49. The number of carbonyl (C=O) groups excluding carboxylic acids is 1. The summed E-state index contributed by atoms with van der Waals surface area (Å²) in [5, 5.41) is 2.97. The first-order chi connectivity index (χ1) is 19.1. The zero-order valence-corrected chi connectivity index (χ0v) is 23.8. The Labute approximate surface area is 238 Å². The largest absolute Gasteiger partial charge is 0.417 e. The van der Waals surface area contributed by atoms with E-state index < -0.39 is 44.8 Å². The first kappa shape index (κ1) is 31.7. The molecule has 2 aromatic rings. The number of carbonyl (C=O) groups is 1. The van der Waals surface area contributed by atoms with Crippen LogP contribution in [0.4, 0.5) is 26.3 Å². The topological polar surface area (TPSA) is 97.4 Å². The van der Waals surface area contributed by atoms with Gasteiger partial charge in [-0.05, 0) is 49.8 Å². The molecule has 1 amide bonds. The van der Waals surface area contributed by atoms with Crippen LogP contribution in [0.5, 0.6) is 0 Å². The second kappa shape index (κ2) is 12.6. The van der Waals surface area contributed by atoms with Gasteiger partial charge in [-0.15, -0.1) is 11.3 Å². The quantitative estimate of drug-likeness (QED) is 0.346. The Morgan fingerprint density at radius 2 is 1.73 bits per heavy atom. The summed E-state index contributed by atoms with van der Waals surface area (Å²) >= 11 is 0.909. The molecule has 4 rings (SSSR count). The second-order valence-corrected chi connectivity index (χ2v) is 13.1. The fraction of sp³-hybridized carbons (Fsp3) is 0.615. The Morgan fingerprint density at radius 1 is 1.07 bits per heavy atom. The van der Waals surface area contributed by atoms with Crippen LogP contribution in [0.25, 0.3) is 10.4 Å². The van der Waals surface area contributed by atoms with Crippen LogP contribution in [0.3, 0.4) is 0 Å².